The van der Waals surface area contributed by atoms with Crippen molar-refractivity contribution < 1.29 is 9.47 Å². The molecule has 1 aromatic rings. The fraction of sp³-hybridized carbons (Fsp3) is 0.538. The van der Waals surface area contributed by atoms with Gasteiger partial charge < -0.3 is 15.2 Å². The van der Waals surface area contributed by atoms with Crippen LogP contribution in [0.3, 0.4) is 0 Å². The number of benzene rings is 1. The molecular formula is C13H18ClNO2. The molecule has 1 aliphatic rings. The second kappa shape index (κ2) is 5.61. The van der Waals surface area contributed by atoms with Crippen LogP contribution in [0.2, 0.25) is 5.02 Å². The summed E-state index contributed by atoms with van der Waals surface area (Å²) in [6.07, 6.45) is 2.61. The molecule has 4 heteroatoms. The highest BCUT2D eigenvalue weighted by molar-refractivity contribution is 6.32. The average Bonchev–Trinajstić information content (AvgIpc) is 2.56. The molecule has 94 valence electrons. The summed E-state index contributed by atoms with van der Waals surface area (Å²) in [7, 11) is 0. The number of halogens is 1. The molecule has 3 nitrogen and oxygen atoms in total. The van der Waals surface area contributed by atoms with Gasteiger partial charge in [-0.3, -0.25) is 0 Å². The van der Waals surface area contributed by atoms with Gasteiger partial charge in [0.1, 0.15) is 0 Å². The quantitative estimate of drug-likeness (QED) is 0.903. The van der Waals surface area contributed by atoms with Crippen molar-refractivity contribution in [3.05, 3.63) is 22.2 Å². The van der Waals surface area contributed by atoms with E-state index in [1.165, 1.54) is 11.1 Å². The van der Waals surface area contributed by atoms with Crippen LogP contribution in [0.1, 0.15) is 24.5 Å². The summed E-state index contributed by atoms with van der Waals surface area (Å²) in [4.78, 5) is 0. The number of rotatable bonds is 3. The monoisotopic (exact) mass is 255 g/mol. The van der Waals surface area contributed by atoms with E-state index >= 15 is 0 Å². The molecule has 1 heterocycles. The molecule has 17 heavy (non-hydrogen) atoms. The predicted octanol–water partition coefficient (Wildman–Crippen LogP) is 2.56. The maximum Gasteiger partial charge on any atom is 0.180 e. The lowest BCUT2D eigenvalue weighted by Crippen LogP contribution is -2.07. The zero-order chi connectivity index (χ0) is 12.3. The summed E-state index contributed by atoms with van der Waals surface area (Å²) < 4.78 is 11.5. The molecule has 1 aromatic carbocycles. The Hall–Kier alpha value is -0.930. The second-order valence-corrected chi connectivity index (χ2v) is 4.50. The Morgan fingerprint density at radius 2 is 2.00 bits per heavy atom. The van der Waals surface area contributed by atoms with E-state index < -0.39 is 0 Å². The van der Waals surface area contributed by atoms with Crippen LogP contribution >= 0.6 is 11.6 Å². The van der Waals surface area contributed by atoms with Gasteiger partial charge in [-0.15, -0.1) is 0 Å². The molecule has 0 aliphatic carbocycles. The second-order valence-electron chi connectivity index (χ2n) is 4.10. The molecule has 0 fully saturated rings. The van der Waals surface area contributed by atoms with Crippen LogP contribution in [0.4, 0.5) is 0 Å². The molecule has 1 aliphatic heterocycles. The van der Waals surface area contributed by atoms with Crippen molar-refractivity contribution in [1.29, 1.82) is 0 Å². The summed E-state index contributed by atoms with van der Waals surface area (Å²) in [6.45, 7) is 4.06. The largest absolute Gasteiger partial charge is 0.489 e. The molecule has 0 atom stereocenters. The van der Waals surface area contributed by atoms with Crippen molar-refractivity contribution in [2.45, 2.75) is 26.2 Å². The van der Waals surface area contributed by atoms with Crippen LogP contribution in [-0.2, 0) is 12.8 Å². The Bertz CT molecular complexity index is 407. The van der Waals surface area contributed by atoms with Gasteiger partial charge >= 0.3 is 0 Å². The van der Waals surface area contributed by atoms with Crippen LogP contribution in [0.15, 0.2) is 6.07 Å². The Labute approximate surface area is 107 Å². The van der Waals surface area contributed by atoms with Crippen LogP contribution < -0.4 is 15.2 Å². The van der Waals surface area contributed by atoms with Crippen molar-refractivity contribution in [3.8, 4) is 11.5 Å². The summed E-state index contributed by atoms with van der Waals surface area (Å²) in [5.41, 5.74) is 7.97. The Kier molecular flexibility index (Phi) is 4.13. The van der Waals surface area contributed by atoms with Crippen molar-refractivity contribution >= 4 is 11.6 Å². The molecule has 0 bridgehead atoms. The minimum atomic E-state index is 0.614. The molecule has 2 rings (SSSR count). The van der Waals surface area contributed by atoms with Gasteiger partial charge in [0, 0.05) is 12.0 Å². The maximum absolute atomic E-state index is 6.24. The zero-order valence-corrected chi connectivity index (χ0v) is 10.8. The van der Waals surface area contributed by atoms with E-state index in [4.69, 9.17) is 26.8 Å². The lowest BCUT2D eigenvalue weighted by Gasteiger charge is -2.17. The number of nitrogens with two attached hydrogens (primary N) is 1. The minimum Gasteiger partial charge on any atom is -0.489 e. The Morgan fingerprint density at radius 1 is 1.29 bits per heavy atom. The molecule has 2 N–H and O–H groups in total. The first-order chi connectivity index (χ1) is 8.27. The number of ether oxygens (including phenoxy) is 2. The SMILES string of the molecule is CCc1c(CCN)cc(Cl)c2c1OCCCO2. The van der Waals surface area contributed by atoms with Crippen molar-refractivity contribution in [2.75, 3.05) is 19.8 Å². The fourth-order valence-corrected chi connectivity index (χ4v) is 2.43. The zero-order valence-electron chi connectivity index (χ0n) is 10.1. The van der Waals surface area contributed by atoms with E-state index in [0.29, 0.717) is 30.5 Å². The molecule has 0 spiro atoms. The highest BCUT2D eigenvalue weighted by Crippen LogP contribution is 2.42. The number of fused-ring (bicyclic) bond motifs is 1. The van der Waals surface area contributed by atoms with Gasteiger partial charge in [0.2, 0.25) is 0 Å². The lowest BCUT2D eigenvalue weighted by atomic mass is 10.0. The van der Waals surface area contributed by atoms with Crippen molar-refractivity contribution in [2.24, 2.45) is 5.73 Å². The highest BCUT2D eigenvalue weighted by atomic mass is 35.5. The van der Waals surface area contributed by atoms with E-state index in [9.17, 15) is 0 Å². The molecule has 0 aromatic heterocycles. The summed E-state index contributed by atoms with van der Waals surface area (Å²) in [5.74, 6) is 1.52. The summed E-state index contributed by atoms with van der Waals surface area (Å²) >= 11 is 6.24. The normalized spacial score (nSPS) is 14.5. The summed E-state index contributed by atoms with van der Waals surface area (Å²) in [6, 6.07) is 1.96. The Balaban J connectivity index is 2.52. The van der Waals surface area contributed by atoms with Gasteiger partial charge in [-0.05, 0) is 31.0 Å². The van der Waals surface area contributed by atoms with Gasteiger partial charge in [-0.1, -0.05) is 18.5 Å². The van der Waals surface area contributed by atoms with Crippen LogP contribution in [0.5, 0.6) is 11.5 Å². The third kappa shape index (κ3) is 2.50. The molecular weight excluding hydrogens is 238 g/mol. The molecule has 0 amide bonds. The first-order valence-electron chi connectivity index (χ1n) is 6.07. The first-order valence-corrected chi connectivity index (χ1v) is 6.45. The standard InChI is InChI=1S/C13H18ClNO2/c1-2-10-9(4-5-15)8-11(14)13-12(10)16-6-3-7-17-13/h8H,2-7,15H2,1H3. The van der Waals surface area contributed by atoms with E-state index in [1.807, 2.05) is 6.07 Å². The van der Waals surface area contributed by atoms with E-state index in [2.05, 4.69) is 6.92 Å². The van der Waals surface area contributed by atoms with Crippen LogP contribution in [-0.4, -0.2) is 19.8 Å². The minimum absolute atomic E-state index is 0.614. The lowest BCUT2D eigenvalue weighted by molar-refractivity contribution is 0.296. The third-order valence-corrected chi connectivity index (χ3v) is 3.22. The van der Waals surface area contributed by atoms with Gasteiger partial charge in [0.25, 0.3) is 0 Å². The van der Waals surface area contributed by atoms with Gasteiger partial charge in [-0.2, -0.15) is 0 Å². The molecule has 0 radical (unpaired) electrons. The van der Waals surface area contributed by atoms with Crippen LogP contribution in [0.25, 0.3) is 0 Å². The first kappa shape index (κ1) is 12.5. The number of hydrogen-bond donors (Lipinski definition) is 1. The maximum atomic E-state index is 6.24. The highest BCUT2D eigenvalue weighted by Gasteiger charge is 2.20. The summed E-state index contributed by atoms with van der Waals surface area (Å²) in [5, 5.41) is 0.627. The average molecular weight is 256 g/mol. The van der Waals surface area contributed by atoms with Crippen molar-refractivity contribution in [1.82, 2.24) is 0 Å². The van der Waals surface area contributed by atoms with Gasteiger partial charge in [0.05, 0.1) is 18.2 Å². The van der Waals surface area contributed by atoms with E-state index in [-0.39, 0.29) is 0 Å². The molecule has 0 saturated carbocycles. The van der Waals surface area contributed by atoms with Crippen molar-refractivity contribution in [3.63, 3.8) is 0 Å². The number of hydrogen-bond acceptors (Lipinski definition) is 3. The topological polar surface area (TPSA) is 44.5 Å². The Morgan fingerprint density at radius 3 is 2.65 bits per heavy atom. The van der Waals surface area contributed by atoms with E-state index in [0.717, 1.165) is 25.0 Å². The van der Waals surface area contributed by atoms with Gasteiger partial charge in [0.15, 0.2) is 11.5 Å². The fourth-order valence-electron chi connectivity index (χ4n) is 2.16. The van der Waals surface area contributed by atoms with Crippen LogP contribution in [0, 0.1) is 0 Å². The van der Waals surface area contributed by atoms with E-state index in [1.54, 1.807) is 0 Å². The molecule has 0 saturated heterocycles. The van der Waals surface area contributed by atoms with Gasteiger partial charge in [-0.25, -0.2) is 0 Å². The predicted molar refractivity (Wildman–Crippen MR) is 69.2 cm³/mol. The smallest absolute Gasteiger partial charge is 0.180 e. The third-order valence-electron chi connectivity index (χ3n) is 2.93. The molecule has 0 unspecified atom stereocenters.